The maximum atomic E-state index is 11.5. The lowest BCUT2D eigenvalue weighted by atomic mass is 10.2. The van der Waals surface area contributed by atoms with E-state index in [1.165, 1.54) is 6.42 Å². The first-order valence-corrected chi connectivity index (χ1v) is 10.3. The quantitative estimate of drug-likeness (QED) is 0.557. The molecule has 0 radical (unpaired) electrons. The van der Waals surface area contributed by atoms with Crippen molar-refractivity contribution in [3.8, 4) is 0 Å². The van der Waals surface area contributed by atoms with Crippen molar-refractivity contribution in [2.45, 2.75) is 79.1 Å². The van der Waals surface area contributed by atoms with Crippen LogP contribution in [0, 0.1) is 0 Å². The molecule has 0 fully saturated rings. The number of sulfonamides is 1. The van der Waals surface area contributed by atoms with Crippen LogP contribution in [-0.2, 0) is 19.6 Å². The van der Waals surface area contributed by atoms with Gasteiger partial charge in [-0.1, -0.05) is 47.0 Å². The van der Waals surface area contributed by atoms with Crippen molar-refractivity contribution in [2.75, 3.05) is 12.3 Å². The first-order chi connectivity index (χ1) is 10.8. The van der Waals surface area contributed by atoms with Gasteiger partial charge in [0.25, 0.3) is 0 Å². The lowest BCUT2D eigenvalue weighted by molar-refractivity contribution is -0.121. The van der Waals surface area contributed by atoms with Crippen LogP contribution in [-0.4, -0.2) is 32.5 Å². The van der Waals surface area contributed by atoms with Gasteiger partial charge in [-0.05, 0) is 19.3 Å². The summed E-state index contributed by atoms with van der Waals surface area (Å²) < 4.78 is 25.1. The van der Waals surface area contributed by atoms with E-state index in [0.29, 0.717) is 25.8 Å². The SMILES string of the molecule is CCC.CCCCCC(=O)NCCCS(=O)(=O)NC(=O)CCC.[HH].[HH]. The third kappa shape index (κ3) is 18.8. The number of carbonyl (C=O) groups excluding carboxylic acids is 2. The summed E-state index contributed by atoms with van der Waals surface area (Å²) in [6.07, 6.45) is 5.77. The summed E-state index contributed by atoms with van der Waals surface area (Å²) in [6, 6.07) is 0. The van der Waals surface area contributed by atoms with E-state index in [2.05, 4.69) is 26.1 Å². The molecule has 7 heteroatoms. The highest BCUT2D eigenvalue weighted by Gasteiger charge is 2.13. The predicted molar refractivity (Wildman–Crippen MR) is 98.8 cm³/mol. The number of rotatable bonds is 11. The topological polar surface area (TPSA) is 92.3 Å². The van der Waals surface area contributed by atoms with Gasteiger partial charge >= 0.3 is 0 Å². The minimum absolute atomic E-state index is 0. The average Bonchev–Trinajstić information content (AvgIpc) is 2.44. The first kappa shape index (κ1) is 24.1. The Bertz CT molecular complexity index is 418. The molecule has 0 atom stereocenters. The van der Waals surface area contributed by atoms with Crippen LogP contribution in [0.1, 0.15) is 81.9 Å². The lowest BCUT2D eigenvalue weighted by Gasteiger charge is -2.07. The fraction of sp³-hybridized carbons (Fsp3) is 0.875. The highest BCUT2D eigenvalue weighted by molar-refractivity contribution is 7.90. The molecule has 0 heterocycles. The molecule has 0 spiro atoms. The Kier molecular flexibility index (Phi) is 16.6. The number of hydrogen-bond acceptors (Lipinski definition) is 4. The Labute approximate surface area is 144 Å². The highest BCUT2D eigenvalue weighted by atomic mass is 32.2. The van der Waals surface area contributed by atoms with Crippen molar-refractivity contribution >= 4 is 21.8 Å². The van der Waals surface area contributed by atoms with Gasteiger partial charge in [0.2, 0.25) is 21.8 Å². The second-order valence-corrected chi connectivity index (χ2v) is 7.30. The maximum absolute atomic E-state index is 11.5. The molecule has 0 aromatic carbocycles. The molecule has 0 aromatic rings. The zero-order chi connectivity index (χ0) is 18.1. The largest absolute Gasteiger partial charge is 0.356 e. The fourth-order valence-corrected chi connectivity index (χ4v) is 2.69. The normalized spacial score (nSPS) is 10.4. The Hall–Kier alpha value is -1.11. The number of unbranched alkanes of at least 4 members (excludes halogenated alkanes) is 2. The van der Waals surface area contributed by atoms with Crippen molar-refractivity contribution in [1.82, 2.24) is 10.0 Å². The van der Waals surface area contributed by atoms with Crippen molar-refractivity contribution < 1.29 is 20.9 Å². The zero-order valence-electron chi connectivity index (χ0n) is 15.1. The average molecular weight is 355 g/mol. The van der Waals surface area contributed by atoms with Gasteiger partial charge in [-0.15, -0.1) is 0 Å². The standard InChI is InChI=1S/C13H26N2O4S.C3H8.2H2/c1-3-5-6-9-12(16)14-10-7-11-20(18,19)15-13(17)8-4-2;1-3-2;;/h3-11H2,1-2H3,(H,14,16)(H,15,17);3H2,1-2H3;2*1H. The second-order valence-electron chi connectivity index (χ2n) is 5.46. The number of nitrogens with one attached hydrogen (secondary N) is 2. The fourth-order valence-electron chi connectivity index (χ4n) is 1.62. The van der Waals surface area contributed by atoms with E-state index in [-0.39, 0.29) is 20.9 Å². The molecule has 0 aliphatic rings. The summed E-state index contributed by atoms with van der Waals surface area (Å²) in [5.74, 6) is -0.681. The van der Waals surface area contributed by atoms with Crippen molar-refractivity contribution in [3.63, 3.8) is 0 Å². The molecule has 6 nitrogen and oxygen atoms in total. The first-order valence-electron chi connectivity index (χ1n) is 8.62. The maximum Gasteiger partial charge on any atom is 0.234 e. The van der Waals surface area contributed by atoms with E-state index in [9.17, 15) is 18.0 Å². The van der Waals surface area contributed by atoms with E-state index in [4.69, 9.17) is 0 Å². The van der Waals surface area contributed by atoms with Crippen LogP contribution >= 0.6 is 0 Å². The van der Waals surface area contributed by atoms with Crippen LogP contribution in [0.3, 0.4) is 0 Å². The van der Waals surface area contributed by atoms with Gasteiger partial charge in [-0.3, -0.25) is 14.3 Å². The molecule has 0 unspecified atom stereocenters. The van der Waals surface area contributed by atoms with E-state index in [1.807, 2.05) is 4.72 Å². The van der Waals surface area contributed by atoms with Gasteiger partial charge in [0.15, 0.2) is 0 Å². The molecule has 0 bridgehead atoms. The number of amides is 2. The lowest BCUT2D eigenvalue weighted by Crippen LogP contribution is -2.33. The Morgan fingerprint density at radius 1 is 0.870 bits per heavy atom. The van der Waals surface area contributed by atoms with Gasteiger partial charge in [-0.25, -0.2) is 8.42 Å². The van der Waals surface area contributed by atoms with Gasteiger partial charge < -0.3 is 5.32 Å². The molecule has 2 amide bonds. The highest BCUT2D eigenvalue weighted by Crippen LogP contribution is 1.98. The molecule has 0 aliphatic heterocycles. The summed E-state index contributed by atoms with van der Waals surface area (Å²) in [6.45, 7) is 8.43. The third-order valence-corrected chi connectivity index (χ3v) is 4.03. The Balaban J connectivity index is -0.000000409. The van der Waals surface area contributed by atoms with Crippen LogP contribution < -0.4 is 10.0 Å². The third-order valence-electron chi connectivity index (χ3n) is 2.67. The van der Waals surface area contributed by atoms with Crippen LogP contribution in [0.5, 0.6) is 0 Å². The molecule has 0 aromatic heterocycles. The predicted octanol–water partition coefficient (Wildman–Crippen LogP) is 3.23. The monoisotopic (exact) mass is 354 g/mol. The second kappa shape index (κ2) is 15.8. The molecular formula is C16H38N2O4S. The van der Waals surface area contributed by atoms with Gasteiger partial charge in [0, 0.05) is 22.2 Å². The zero-order valence-corrected chi connectivity index (χ0v) is 15.9. The van der Waals surface area contributed by atoms with Gasteiger partial charge in [0.05, 0.1) is 5.75 Å². The minimum atomic E-state index is -3.57. The van der Waals surface area contributed by atoms with Crippen LogP contribution in [0.15, 0.2) is 0 Å². The summed E-state index contributed by atoms with van der Waals surface area (Å²) in [5, 5.41) is 2.68. The molecule has 2 N–H and O–H groups in total. The van der Waals surface area contributed by atoms with Crippen LogP contribution in [0.4, 0.5) is 0 Å². The molecule has 23 heavy (non-hydrogen) atoms. The van der Waals surface area contributed by atoms with Crippen molar-refractivity contribution in [2.24, 2.45) is 0 Å². The molecular weight excluding hydrogens is 316 g/mol. The van der Waals surface area contributed by atoms with E-state index < -0.39 is 15.9 Å². The van der Waals surface area contributed by atoms with Gasteiger partial charge in [-0.2, -0.15) is 0 Å². The molecule has 0 saturated carbocycles. The summed E-state index contributed by atoms with van der Waals surface area (Å²) in [5.41, 5.74) is 0. The van der Waals surface area contributed by atoms with Gasteiger partial charge in [0.1, 0.15) is 0 Å². The molecule has 142 valence electrons. The Morgan fingerprint density at radius 2 is 1.48 bits per heavy atom. The smallest absolute Gasteiger partial charge is 0.234 e. The van der Waals surface area contributed by atoms with E-state index in [1.54, 1.807) is 6.92 Å². The Morgan fingerprint density at radius 3 is 2.00 bits per heavy atom. The van der Waals surface area contributed by atoms with Crippen molar-refractivity contribution in [3.05, 3.63) is 0 Å². The van der Waals surface area contributed by atoms with E-state index >= 15 is 0 Å². The molecule has 0 saturated heterocycles. The molecule has 0 rings (SSSR count). The van der Waals surface area contributed by atoms with E-state index in [0.717, 1.165) is 19.3 Å². The summed E-state index contributed by atoms with van der Waals surface area (Å²) >= 11 is 0. The summed E-state index contributed by atoms with van der Waals surface area (Å²) in [4.78, 5) is 22.6. The van der Waals surface area contributed by atoms with Crippen molar-refractivity contribution in [1.29, 1.82) is 0 Å². The van der Waals surface area contributed by atoms with Crippen LogP contribution in [0.2, 0.25) is 0 Å². The summed E-state index contributed by atoms with van der Waals surface area (Å²) in [7, 11) is -3.57. The number of carbonyl (C=O) groups is 2. The van der Waals surface area contributed by atoms with Crippen LogP contribution in [0.25, 0.3) is 0 Å². The molecule has 0 aliphatic carbocycles. The number of hydrogen-bond donors (Lipinski definition) is 2. The minimum Gasteiger partial charge on any atom is -0.356 e.